The van der Waals surface area contributed by atoms with E-state index in [-0.39, 0.29) is 12.1 Å². The van der Waals surface area contributed by atoms with Gasteiger partial charge in [0, 0.05) is 31.4 Å². The Labute approximate surface area is 141 Å². The number of piperazine rings is 1. The van der Waals surface area contributed by atoms with Crippen molar-refractivity contribution < 1.29 is 18.0 Å². The molecule has 0 unspecified atom stereocenters. The number of halogens is 3. The number of rotatable bonds is 2. The van der Waals surface area contributed by atoms with Crippen LogP contribution in [0.25, 0.3) is 0 Å². The van der Waals surface area contributed by atoms with Gasteiger partial charge in [0.1, 0.15) is 12.2 Å². The predicted octanol–water partition coefficient (Wildman–Crippen LogP) is 3.79. The highest BCUT2D eigenvalue weighted by molar-refractivity contribution is 5.78. The van der Waals surface area contributed by atoms with Gasteiger partial charge in [-0.1, -0.05) is 19.9 Å². The number of hydrogen-bond acceptors (Lipinski definition) is 3. The van der Waals surface area contributed by atoms with E-state index in [4.69, 9.17) is 0 Å². The molecule has 4 nitrogen and oxygen atoms in total. The summed E-state index contributed by atoms with van der Waals surface area (Å²) in [6.07, 6.45) is -4.11. The molecule has 0 radical (unpaired) electrons. The van der Waals surface area contributed by atoms with Gasteiger partial charge in [-0.15, -0.1) is 0 Å². The molecule has 1 aliphatic rings. The Balaban J connectivity index is 0.00000139. The van der Waals surface area contributed by atoms with Crippen molar-refractivity contribution in [3.8, 4) is 0 Å². The molecule has 1 aromatic heterocycles. The molecule has 0 aromatic carbocycles. The highest BCUT2D eigenvalue weighted by atomic mass is 19.4. The van der Waals surface area contributed by atoms with E-state index in [2.05, 4.69) is 4.98 Å². The SMILES string of the molecule is CC.Cc1ccc(N2C[C@@H](C)N(C(=O)CC(F)(F)F)[C@@H](C)C2)nc1. The highest BCUT2D eigenvalue weighted by Gasteiger charge is 2.39. The van der Waals surface area contributed by atoms with Crippen molar-refractivity contribution in [3.63, 3.8) is 0 Å². The van der Waals surface area contributed by atoms with Crippen LogP contribution < -0.4 is 4.90 Å². The predicted molar refractivity (Wildman–Crippen MR) is 89.0 cm³/mol. The molecule has 24 heavy (non-hydrogen) atoms. The average Bonchev–Trinajstić information content (AvgIpc) is 2.47. The van der Waals surface area contributed by atoms with E-state index in [1.807, 2.05) is 37.8 Å². The van der Waals surface area contributed by atoms with Crippen molar-refractivity contribution in [3.05, 3.63) is 23.9 Å². The van der Waals surface area contributed by atoms with Gasteiger partial charge in [-0.25, -0.2) is 4.98 Å². The van der Waals surface area contributed by atoms with Gasteiger partial charge < -0.3 is 9.80 Å². The molecule has 1 fully saturated rings. The number of amides is 1. The standard InChI is InChI=1S/C15H20F3N3O.C2H6/c1-10-4-5-13(19-7-10)20-8-11(2)21(12(3)9-20)14(22)6-15(16,17)18;1-2/h4-5,7,11-12H,6,8-9H2,1-3H3;1-2H3/t11-,12+;. The topological polar surface area (TPSA) is 36.4 Å². The summed E-state index contributed by atoms with van der Waals surface area (Å²) in [5.41, 5.74) is 1.05. The van der Waals surface area contributed by atoms with Gasteiger partial charge in [-0.2, -0.15) is 13.2 Å². The summed E-state index contributed by atoms with van der Waals surface area (Å²) in [6.45, 7) is 10.4. The minimum atomic E-state index is -4.47. The molecule has 136 valence electrons. The fourth-order valence-electron chi connectivity index (χ4n) is 2.91. The van der Waals surface area contributed by atoms with Crippen LogP contribution in [-0.2, 0) is 4.79 Å². The molecule has 0 N–H and O–H groups in total. The summed E-state index contributed by atoms with van der Waals surface area (Å²) < 4.78 is 37.3. The lowest BCUT2D eigenvalue weighted by Gasteiger charge is -2.45. The third-order valence-electron chi connectivity index (χ3n) is 3.78. The Hall–Kier alpha value is -1.79. The van der Waals surface area contributed by atoms with Crippen molar-refractivity contribution in [2.75, 3.05) is 18.0 Å². The summed E-state index contributed by atoms with van der Waals surface area (Å²) in [4.78, 5) is 19.6. The molecular weight excluding hydrogens is 319 g/mol. The second-order valence-electron chi connectivity index (χ2n) is 5.89. The Morgan fingerprint density at radius 3 is 2.17 bits per heavy atom. The molecular formula is C17H26F3N3O. The van der Waals surface area contributed by atoms with Crippen LogP contribution in [0.15, 0.2) is 18.3 Å². The third-order valence-corrected chi connectivity index (χ3v) is 3.78. The molecule has 0 aliphatic carbocycles. The van der Waals surface area contributed by atoms with Gasteiger partial charge >= 0.3 is 6.18 Å². The number of nitrogens with zero attached hydrogens (tertiary/aromatic N) is 3. The maximum absolute atomic E-state index is 12.4. The zero-order valence-electron chi connectivity index (χ0n) is 14.9. The van der Waals surface area contributed by atoms with Gasteiger partial charge in [-0.05, 0) is 32.4 Å². The number of carbonyl (C=O) groups is 1. The molecule has 1 amide bonds. The second kappa shape index (κ2) is 8.35. The van der Waals surface area contributed by atoms with Crippen LogP contribution in [0.2, 0.25) is 0 Å². The Morgan fingerprint density at radius 2 is 1.75 bits per heavy atom. The lowest BCUT2D eigenvalue weighted by atomic mass is 10.1. The van der Waals surface area contributed by atoms with Gasteiger partial charge in [0.2, 0.25) is 5.91 Å². The molecule has 2 rings (SSSR count). The summed E-state index contributed by atoms with van der Waals surface area (Å²) in [7, 11) is 0. The molecule has 2 atom stereocenters. The van der Waals surface area contributed by atoms with Crippen molar-refractivity contribution >= 4 is 11.7 Å². The normalized spacial score (nSPS) is 21.2. The minimum absolute atomic E-state index is 0.290. The van der Waals surface area contributed by atoms with Crippen molar-refractivity contribution in [2.45, 2.75) is 59.3 Å². The molecule has 0 saturated carbocycles. The van der Waals surface area contributed by atoms with Crippen LogP contribution in [0.1, 0.15) is 39.7 Å². The molecule has 0 spiro atoms. The van der Waals surface area contributed by atoms with E-state index in [1.54, 1.807) is 20.0 Å². The van der Waals surface area contributed by atoms with Crippen LogP contribution in [0.5, 0.6) is 0 Å². The average molecular weight is 345 g/mol. The van der Waals surface area contributed by atoms with E-state index in [9.17, 15) is 18.0 Å². The third kappa shape index (κ3) is 5.39. The second-order valence-corrected chi connectivity index (χ2v) is 5.89. The number of alkyl halides is 3. The molecule has 1 aliphatic heterocycles. The number of pyridine rings is 1. The first-order chi connectivity index (χ1) is 11.2. The lowest BCUT2D eigenvalue weighted by Crippen LogP contribution is -2.59. The Morgan fingerprint density at radius 1 is 1.21 bits per heavy atom. The smallest absolute Gasteiger partial charge is 0.353 e. The maximum Gasteiger partial charge on any atom is 0.397 e. The maximum atomic E-state index is 12.4. The quantitative estimate of drug-likeness (QED) is 0.818. The number of anilines is 1. The summed E-state index contributed by atoms with van der Waals surface area (Å²) >= 11 is 0. The molecule has 7 heteroatoms. The summed E-state index contributed by atoms with van der Waals surface area (Å²) in [5.74, 6) is -0.0729. The first kappa shape index (κ1) is 20.3. The highest BCUT2D eigenvalue weighted by Crippen LogP contribution is 2.26. The fraction of sp³-hybridized carbons (Fsp3) is 0.647. The zero-order valence-corrected chi connectivity index (χ0v) is 14.9. The largest absolute Gasteiger partial charge is 0.397 e. The number of hydrogen-bond donors (Lipinski definition) is 0. The molecule has 0 bridgehead atoms. The van der Waals surface area contributed by atoms with Gasteiger partial charge in [0.25, 0.3) is 0 Å². The summed E-state index contributed by atoms with van der Waals surface area (Å²) in [6, 6.07) is 3.25. The fourth-order valence-corrected chi connectivity index (χ4v) is 2.91. The van der Waals surface area contributed by atoms with Gasteiger partial charge in [0.15, 0.2) is 0 Å². The number of carbonyl (C=O) groups excluding carboxylic acids is 1. The van der Waals surface area contributed by atoms with E-state index in [1.165, 1.54) is 4.90 Å². The summed E-state index contributed by atoms with van der Waals surface area (Å²) in [5, 5.41) is 0. The van der Waals surface area contributed by atoms with Crippen LogP contribution >= 0.6 is 0 Å². The first-order valence-corrected chi connectivity index (χ1v) is 8.23. The zero-order chi connectivity index (χ0) is 18.5. The molecule has 1 aromatic rings. The van der Waals surface area contributed by atoms with E-state index in [0.717, 1.165) is 11.4 Å². The Bertz CT molecular complexity index is 519. The number of aryl methyl sites for hydroxylation is 1. The first-order valence-electron chi connectivity index (χ1n) is 8.23. The van der Waals surface area contributed by atoms with E-state index in [0.29, 0.717) is 13.1 Å². The van der Waals surface area contributed by atoms with Crippen molar-refractivity contribution in [1.82, 2.24) is 9.88 Å². The van der Waals surface area contributed by atoms with Gasteiger partial charge in [-0.3, -0.25) is 4.79 Å². The van der Waals surface area contributed by atoms with E-state index < -0.39 is 18.5 Å². The minimum Gasteiger partial charge on any atom is -0.353 e. The van der Waals surface area contributed by atoms with Crippen LogP contribution in [0, 0.1) is 6.92 Å². The van der Waals surface area contributed by atoms with E-state index >= 15 is 0 Å². The van der Waals surface area contributed by atoms with Crippen LogP contribution in [0.4, 0.5) is 19.0 Å². The Kier molecular flexibility index (Phi) is 7.05. The van der Waals surface area contributed by atoms with Gasteiger partial charge in [0.05, 0.1) is 0 Å². The van der Waals surface area contributed by atoms with Crippen molar-refractivity contribution in [1.29, 1.82) is 0 Å². The number of aromatic nitrogens is 1. The molecule has 1 saturated heterocycles. The van der Waals surface area contributed by atoms with Crippen molar-refractivity contribution in [2.24, 2.45) is 0 Å². The van der Waals surface area contributed by atoms with Crippen LogP contribution in [-0.4, -0.2) is 47.1 Å². The van der Waals surface area contributed by atoms with Crippen LogP contribution in [0.3, 0.4) is 0 Å². The molecule has 2 heterocycles. The monoisotopic (exact) mass is 345 g/mol. The lowest BCUT2D eigenvalue weighted by molar-refractivity contribution is -0.164.